The summed E-state index contributed by atoms with van der Waals surface area (Å²) in [6.07, 6.45) is 4.79. The van der Waals surface area contributed by atoms with E-state index in [1.54, 1.807) is 6.92 Å². The summed E-state index contributed by atoms with van der Waals surface area (Å²) in [5.74, 6) is -0.879. The van der Waals surface area contributed by atoms with Crippen molar-refractivity contribution >= 4 is 33.7 Å². The molecule has 1 heterocycles. The minimum atomic E-state index is -0.706. The van der Waals surface area contributed by atoms with E-state index in [0.29, 0.717) is 12.6 Å². The van der Waals surface area contributed by atoms with Crippen LogP contribution in [0.4, 0.5) is 0 Å². The standard InChI is InChI=1S/C16H17N.C9H18O2.C5H10O2/c1-3-12(2)17-15-10-6-4-8-13(15)14-9-5-7-11-16(14)17;1-4-6-7-11-9(10)8(3)5-2;1-3-4(2)5(6)7/h4-12H,3H2,1-2H3;8H,4-7H2,1-3H3;4H,3H2,1-2H3,(H,6,7). The number of fused-ring (bicyclic) bond motifs is 3. The quantitative estimate of drug-likeness (QED) is 0.246. The van der Waals surface area contributed by atoms with Crippen LogP contribution >= 0.6 is 0 Å². The Bertz CT molecular complexity index is 986. The van der Waals surface area contributed by atoms with E-state index in [4.69, 9.17) is 9.84 Å². The van der Waals surface area contributed by atoms with E-state index in [-0.39, 0.29) is 17.8 Å². The molecule has 5 heteroatoms. The second-order valence-electron chi connectivity index (χ2n) is 9.14. The van der Waals surface area contributed by atoms with E-state index in [9.17, 15) is 9.59 Å². The first-order valence-corrected chi connectivity index (χ1v) is 13.1. The number of hydrogen-bond acceptors (Lipinski definition) is 3. The first kappa shape index (κ1) is 30.2. The minimum absolute atomic E-state index is 0.0547. The number of unbranched alkanes of at least 4 members (excludes halogenated alkanes) is 1. The molecule has 1 N–H and O–H groups in total. The number of aromatic nitrogens is 1. The summed E-state index contributed by atoms with van der Waals surface area (Å²) in [5, 5.41) is 10.9. The second-order valence-corrected chi connectivity index (χ2v) is 9.14. The Morgan fingerprint density at radius 2 is 1.29 bits per heavy atom. The minimum Gasteiger partial charge on any atom is -0.481 e. The topological polar surface area (TPSA) is 68.5 Å². The predicted octanol–water partition coefficient (Wildman–Crippen LogP) is 8.26. The van der Waals surface area contributed by atoms with Gasteiger partial charge in [0, 0.05) is 27.8 Å². The van der Waals surface area contributed by atoms with Crippen molar-refractivity contribution in [3.8, 4) is 0 Å². The average molecular weight is 484 g/mol. The maximum Gasteiger partial charge on any atom is 0.308 e. The normalized spacial score (nSPS) is 13.1. The van der Waals surface area contributed by atoms with Crippen LogP contribution in [0.15, 0.2) is 48.5 Å². The van der Waals surface area contributed by atoms with Gasteiger partial charge in [0.2, 0.25) is 0 Å². The van der Waals surface area contributed by atoms with Crippen molar-refractivity contribution in [2.45, 2.75) is 86.6 Å². The van der Waals surface area contributed by atoms with Gasteiger partial charge in [-0.15, -0.1) is 0 Å². The molecule has 3 rings (SSSR count). The van der Waals surface area contributed by atoms with Crippen molar-refractivity contribution in [1.29, 1.82) is 0 Å². The molecule has 0 aliphatic carbocycles. The van der Waals surface area contributed by atoms with E-state index < -0.39 is 5.97 Å². The Labute approximate surface area is 211 Å². The lowest BCUT2D eigenvalue weighted by atomic mass is 10.1. The number of carbonyl (C=O) groups excluding carboxylic acids is 1. The van der Waals surface area contributed by atoms with E-state index in [2.05, 4.69) is 73.9 Å². The predicted molar refractivity (Wildman–Crippen MR) is 147 cm³/mol. The Hall–Kier alpha value is -2.82. The van der Waals surface area contributed by atoms with Crippen molar-refractivity contribution in [2.75, 3.05) is 6.61 Å². The van der Waals surface area contributed by atoms with Crippen molar-refractivity contribution in [1.82, 2.24) is 4.57 Å². The molecule has 0 radical (unpaired) electrons. The third kappa shape index (κ3) is 9.04. The molecule has 5 nitrogen and oxygen atoms in total. The van der Waals surface area contributed by atoms with Gasteiger partial charge in [0.15, 0.2) is 0 Å². The average Bonchev–Trinajstić information content (AvgIpc) is 3.22. The van der Waals surface area contributed by atoms with Crippen molar-refractivity contribution < 1.29 is 19.4 Å². The lowest BCUT2D eigenvalue weighted by Crippen LogP contribution is -2.14. The number of benzene rings is 2. The maximum atomic E-state index is 11.0. The molecule has 0 aliphatic heterocycles. The molecule has 2 aromatic carbocycles. The molecular formula is C30H45NO4. The fourth-order valence-corrected chi connectivity index (χ4v) is 3.41. The molecule has 0 saturated heterocycles. The highest BCUT2D eigenvalue weighted by atomic mass is 16.5. The molecule has 0 bridgehead atoms. The molecule has 1 aromatic heterocycles. The van der Waals surface area contributed by atoms with E-state index in [1.165, 1.54) is 21.8 Å². The Kier molecular flexibility index (Phi) is 13.8. The molecule has 0 fully saturated rings. The number of nitrogens with zero attached hydrogens (tertiary/aromatic N) is 1. The fraction of sp³-hybridized carbons (Fsp3) is 0.533. The highest BCUT2D eigenvalue weighted by molar-refractivity contribution is 6.08. The zero-order valence-electron chi connectivity index (χ0n) is 22.7. The first-order chi connectivity index (χ1) is 16.7. The van der Waals surface area contributed by atoms with Crippen LogP contribution in [-0.2, 0) is 14.3 Å². The monoisotopic (exact) mass is 483 g/mol. The molecule has 3 unspecified atom stereocenters. The number of para-hydroxylation sites is 2. The number of hydrogen-bond donors (Lipinski definition) is 1. The van der Waals surface area contributed by atoms with Gasteiger partial charge in [-0.05, 0) is 44.7 Å². The summed E-state index contributed by atoms with van der Waals surface area (Å²) < 4.78 is 7.46. The van der Waals surface area contributed by atoms with Gasteiger partial charge in [0.05, 0.1) is 18.4 Å². The summed E-state index contributed by atoms with van der Waals surface area (Å²) in [7, 11) is 0. The third-order valence-corrected chi connectivity index (χ3v) is 6.44. The Morgan fingerprint density at radius 1 is 0.800 bits per heavy atom. The summed E-state index contributed by atoms with van der Waals surface area (Å²) in [6, 6.07) is 17.9. The van der Waals surface area contributed by atoms with Gasteiger partial charge in [0.1, 0.15) is 0 Å². The smallest absolute Gasteiger partial charge is 0.308 e. The highest BCUT2D eigenvalue weighted by Gasteiger charge is 2.13. The number of carboxylic acids is 1. The van der Waals surface area contributed by atoms with Crippen LogP contribution in [0.2, 0.25) is 0 Å². The Balaban J connectivity index is 0.000000295. The molecule has 3 aromatic rings. The third-order valence-electron chi connectivity index (χ3n) is 6.44. The number of rotatable bonds is 9. The van der Waals surface area contributed by atoms with Gasteiger partial charge in [-0.1, -0.05) is 84.4 Å². The zero-order chi connectivity index (χ0) is 26.4. The fourth-order valence-electron chi connectivity index (χ4n) is 3.41. The van der Waals surface area contributed by atoms with Crippen molar-refractivity contribution in [3.63, 3.8) is 0 Å². The van der Waals surface area contributed by atoms with E-state index >= 15 is 0 Å². The molecule has 35 heavy (non-hydrogen) atoms. The molecule has 0 aliphatic rings. The van der Waals surface area contributed by atoms with Crippen LogP contribution in [0.1, 0.15) is 86.6 Å². The van der Waals surface area contributed by atoms with Crippen LogP contribution in [0.5, 0.6) is 0 Å². The van der Waals surface area contributed by atoms with Gasteiger partial charge in [-0.25, -0.2) is 0 Å². The van der Waals surface area contributed by atoms with Gasteiger partial charge >= 0.3 is 11.9 Å². The van der Waals surface area contributed by atoms with Crippen molar-refractivity contribution in [2.24, 2.45) is 11.8 Å². The number of ether oxygens (including phenoxy) is 1. The van der Waals surface area contributed by atoms with Crippen LogP contribution < -0.4 is 0 Å². The number of carbonyl (C=O) groups is 2. The van der Waals surface area contributed by atoms with Crippen LogP contribution in [0, 0.1) is 11.8 Å². The highest BCUT2D eigenvalue weighted by Crippen LogP contribution is 2.32. The lowest BCUT2D eigenvalue weighted by Gasteiger charge is -2.14. The molecule has 0 amide bonds. The van der Waals surface area contributed by atoms with Crippen molar-refractivity contribution in [3.05, 3.63) is 48.5 Å². The van der Waals surface area contributed by atoms with Gasteiger partial charge in [-0.2, -0.15) is 0 Å². The molecule has 0 saturated carbocycles. The molecular weight excluding hydrogens is 438 g/mol. The molecule has 3 atom stereocenters. The van der Waals surface area contributed by atoms with Gasteiger partial charge in [0.25, 0.3) is 0 Å². The summed E-state index contributed by atoms with van der Waals surface area (Å²) in [5.41, 5.74) is 2.70. The number of esters is 1. The largest absolute Gasteiger partial charge is 0.481 e. The van der Waals surface area contributed by atoms with Gasteiger partial charge in [-0.3, -0.25) is 9.59 Å². The summed E-state index contributed by atoms with van der Waals surface area (Å²) >= 11 is 0. The molecule has 0 spiro atoms. The lowest BCUT2D eigenvalue weighted by molar-refractivity contribution is -0.148. The van der Waals surface area contributed by atoms with Gasteiger partial charge < -0.3 is 14.4 Å². The van der Waals surface area contributed by atoms with Crippen LogP contribution in [0.25, 0.3) is 21.8 Å². The van der Waals surface area contributed by atoms with E-state index in [1.807, 2.05) is 20.8 Å². The number of carboxylic acid groups (broad SMARTS) is 1. The number of aliphatic carboxylic acids is 1. The van der Waals surface area contributed by atoms with Crippen LogP contribution in [-0.4, -0.2) is 28.2 Å². The zero-order valence-corrected chi connectivity index (χ0v) is 22.7. The molecule has 194 valence electrons. The summed E-state index contributed by atoms with van der Waals surface area (Å²) in [6.45, 7) is 14.6. The Morgan fingerprint density at radius 3 is 1.66 bits per heavy atom. The second kappa shape index (κ2) is 16.0. The van der Waals surface area contributed by atoms with E-state index in [0.717, 1.165) is 32.1 Å². The first-order valence-electron chi connectivity index (χ1n) is 13.1. The maximum absolute atomic E-state index is 11.0. The SMILES string of the molecule is CCC(C)C(=O)O.CCC(C)n1c2ccccc2c2ccccc21.CCCCOC(=O)C(C)CC. The van der Waals surface area contributed by atoms with Crippen LogP contribution in [0.3, 0.4) is 0 Å². The summed E-state index contributed by atoms with van der Waals surface area (Å²) in [4.78, 5) is 21.0.